The number of anilines is 2. The van der Waals surface area contributed by atoms with Crippen molar-refractivity contribution in [2.24, 2.45) is 0 Å². The molecule has 32 heavy (non-hydrogen) atoms. The van der Waals surface area contributed by atoms with E-state index in [4.69, 9.17) is 0 Å². The number of halogens is 3. The zero-order chi connectivity index (χ0) is 23.5. The molecule has 1 saturated heterocycles. The third-order valence-electron chi connectivity index (χ3n) is 6.10. The van der Waals surface area contributed by atoms with E-state index >= 15 is 0 Å². The van der Waals surface area contributed by atoms with Gasteiger partial charge in [0.2, 0.25) is 16.0 Å². The molecule has 1 aromatic heterocycles. The molecule has 0 unspecified atom stereocenters. The second-order valence-electron chi connectivity index (χ2n) is 8.62. The van der Waals surface area contributed by atoms with Gasteiger partial charge in [-0.2, -0.15) is 18.2 Å². The zero-order valence-corrected chi connectivity index (χ0v) is 19.5. The van der Waals surface area contributed by atoms with Gasteiger partial charge in [0.05, 0.1) is 6.26 Å². The maximum absolute atomic E-state index is 13.4. The molecule has 0 aromatic carbocycles. The van der Waals surface area contributed by atoms with E-state index in [-0.39, 0.29) is 30.9 Å². The fraction of sp³-hybridized carbons (Fsp3) is 0.789. The van der Waals surface area contributed by atoms with E-state index in [2.05, 4.69) is 37.4 Å². The average Bonchev–Trinajstić information content (AvgIpc) is 2.67. The number of alkyl halides is 3. The largest absolute Gasteiger partial charge is 0.421 e. The van der Waals surface area contributed by atoms with Crippen molar-refractivity contribution in [1.29, 1.82) is 0 Å². The van der Waals surface area contributed by atoms with Crippen molar-refractivity contribution >= 4 is 21.8 Å². The Balaban J connectivity index is 1.55. The lowest BCUT2D eigenvalue weighted by molar-refractivity contribution is -0.137. The summed E-state index contributed by atoms with van der Waals surface area (Å²) in [6.07, 6.45) is -0.560. The number of aromatic nitrogens is 2. The molecule has 182 valence electrons. The van der Waals surface area contributed by atoms with Gasteiger partial charge < -0.3 is 15.5 Å². The maximum Gasteiger partial charge on any atom is 0.421 e. The number of likely N-dealkylation sites (N-methyl/N-ethyl adjacent to an activating group) is 1. The molecule has 1 aliphatic heterocycles. The van der Waals surface area contributed by atoms with Crippen molar-refractivity contribution in [3.63, 3.8) is 0 Å². The van der Waals surface area contributed by atoms with Crippen LogP contribution in [-0.2, 0) is 16.2 Å². The first-order chi connectivity index (χ1) is 14.9. The van der Waals surface area contributed by atoms with Crippen molar-refractivity contribution in [2.45, 2.75) is 37.5 Å². The predicted octanol–water partition coefficient (Wildman–Crippen LogP) is 1.38. The van der Waals surface area contributed by atoms with Crippen LogP contribution in [-0.4, -0.2) is 104 Å². The van der Waals surface area contributed by atoms with Crippen LogP contribution < -0.4 is 10.6 Å². The highest BCUT2D eigenvalue weighted by molar-refractivity contribution is 7.88. The van der Waals surface area contributed by atoms with Crippen LogP contribution in [0.15, 0.2) is 6.20 Å². The number of rotatable bonds is 9. The van der Waals surface area contributed by atoms with Crippen molar-refractivity contribution in [2.75, 3.05) is 70.3 Å². The van der Waals surface area contributed by atoms with Gasteiger partial charge in [-0.3, -0.25) is 4.90 Å². The van der Waals surface area contributed by atoms with E-state index in [0.717, 1.165) is 55.8 Å². The van der Waals surface area contributed by atoms with Gasteiger partial charge in [0.1, 0.15) is 11.4 Å². The predicted molar refractivity (Wildman–Crippen MR) is 117 cm³/mol. The third-order valence-corrected chi connectivity index (χ3v) is 7.42. The van der Waals surface area contributed by atoms with Crippen LogP contribution >= 0.6 is 0 Å². The molecular formula is C19H32F3N7O2S. The smallest absolute Gasteiger partial charge is 0.369 e. The van der Waals surface area contributed by atoms with Gasteiger partial charge in [0.25, 0.3) is 0 Å². The summed E-state index contributed by atoms with van der Waals surface area (Å²) in [7, 11) is 0.211. The van der Waals surface area contributed by atoms with Crippen molar-refractivity contribution < 1.29 is 21.6 Å². The zero-order valence-electron chi connectivity index (χ0n) is 18.7. The Labute approximate surface area is 187 Å². The minimum Gasteiger partial charge on any atom is -0.369 e. The molecule has 1 aromatic rings. The van der Waals surface area contributed by atoms with Crippen molar-refractivity contribution in [1.82, 2.24) is 24.1 Å². The third kappa shape index (κ3) is 6.65. The van der Waals surface area contributed by atoms with E-state index in [1.165, 1.54) is 7.05 Å². The van der Waals surface area contributed by atoms with Crippen LogP contribution in [0.1, 0.15) is 24.8 Å². The lowest BCUT2D eigenvalue weighted by Crippen LogP contribution is -2.55. The van der Waals surface area contributed by atoms with Crippen LogP contribution in [0, 0.1) is 0 Å². The summed E-state index contributed by atoms with van der Waals surface area (Å²) in [5.41, 5.74) is -0.941. The number of hydrogen-bond donors (Lipinski definition) is 2. The van der Waals surface area contributed by atoms with Gasteiger partial charge in [-0.15, -0.1) is 0 Å². The van der Waals surface area contributed by atoms with Crippen LogP contribution in [0.2, 0.25) is 0 Å². The number of sulfonamides is 1. The Bertz CT molecular complexity index is 870. The Morgan fingerprint density at radius 2 is 1.88 bits per heavy atom. The summed E-state index contributed by atoms with van der Waals surface area (Å²) in [5.74, 6) is -0.137. The molecule has 1 saturated carbocycles. The van der Waals surface area contributed by atoms with E-state index in [1.54, 1.807) is 0 Å². The molecule has 2 N–H and O–H groups in total. The van der Waals surface area contributed by atoms with Gasteiger partial charge in [0, 0.05) is 64.6 Å². The van der Waals surface area contributed by atoms with Crippen LogP contribution in [0.3, 0.4) is 0 Å². The van der Waals surface area contributed by atoms with E-state index in [0.29, 0.717) is 12.5 Å². The van der Waals surface area contributed by atoms with Gasteiger partial charge in [0.15, 0.2) is 0 Å². The molecule has 0 spiro atoms. The minimum absolute atomic E-state index is 0.132. The van der Waals surface area contributed by atoms with Crippen LogP contribution in [0.4, 0.5) is 24.9 Å². The number of nitrogens with zero attached hydrogens (tertiary/aromatic N) is 5. The minimum atomic E-state index is -4.59. The molecule has 0 radical (unpaired) electrons. The summed E-state index contributed by atoms with van der Waals surface area (Å²) >= 11 is 0. The molecule has 1 aliphatic carbocycles. The Kier molecular flexibility index (Phi) is 7.84. The second kappa shape index (κ2) is 10.1. The Hall–Kier alpha value is -1.70. The molecule has 0 atom stereocenters. The highest BCUT2D eigenvalue weighted by atomic mass is 32.2. The van der Waals surface area contributed by atoms with Gasteiger partial charge >= 0.3 is 6.18 Å². The lowest BCUT2D eigenvalue weighted by Gasteiger charge is -2.46. The quantitative estimate of drug-likeness (QED) is 0.513. The van der Waals surface area contributed by atoms with Crippen molar-refractivity contribution in [3.05, 3.63) is 11.8 Å². The summed E-state index contributed by atoms with van der Waals surface area (Å²) in [6, 6.07) is 0.618. The fourth-order valence-corrected chi connectivity index (χ4v) is 4.30. The molecule has 3 rings (SSSR count). The molecule has 9 nitrogen and oxygen atoms in total. The van der Waals surface area contributed by atoms with Crippen LogP contribution in [0.25, 0.3) is 0 Å². The number of hydrogen-bond acceptors (Lipinski definition) is 8. The molecule has 2 aliphatic rings. The standard InChI is InChI=1S/C19H32F3N7O2S/c1-27-7-9-29(10-8-27)15-11-14(12-15)25-18-24-13-16(19(20,21)22)17(26-18)23-5-4-6-28(2)32(3,30)31/h13-15H,4-12H2,1-3H3,(H2,23,24,25,26). The monoisotopic (exact) mass is 479 g/mol. The number of piperazine rings is 1. The van der Waals surface area contributed by atoms with Crippen LogP contribution in [0.5, 0.6) is 0 Å². The van der Waals surface area contributed by atoms with Gasteiger partial charge in [-0.05, 0) is 26.3 Å². The van der Waals surface area contributed by atoms with Gasteiger partial charge in [-0.1, -0.05) is 0 Å². The van der Waals surface area contributed by atoms with E-state index < -0.39 is 21.8 Å². The molecular weight excluding hydrogens is 447 g/mol. The molecule has 2 heterocycles. The molecule has 0 bridgehead atoms. The topological polar surface area (TPSA) is 93.7 Å². The van der Waals surface area contributed by atoms with E-state index in [1.807, 2.05) is 0 Å². The Morgan fingerprint density at radius 3 is 2.47 bits per heavy atom. The first kappa shape index (κ1) is 24.9. The van der Waals surface area contributed by atoms with Gasteiger partial charge in [-0.25, -0.2) is 17.7 Å². The summed E-state index contributed by atoms with van der Waals surface area (Å²) in [6.45, 7) is 4.51. The first-order valence-electron chi connectivity index (χ1n) is 10.7. The summed E-state index contributed by atoms with van der Waals surface area (Å²) in [5, 5.41) is 5.85. The molecule has 13 heteroatoms. The van der Waals surface area contributed by atoms with E-state index in [9.17, 15) is 21.6 Å². The van der Waals surface area contributed by atoms with Crippen molar-refractivity contribution in [3.8, 4) is 0 Å². The molecule has 2 fully saturated rings. The highest BCUT2D eigenvalue weighted by Crippen LogP contribution is 2.34. The lowest BCUT2D eigenvalue weighted by atomic mass is 9.85. The maximum atomic E-state index is 13.4. The fourth-order valence-electron chi connectivity index (χ4n) is 3.84. The average molecular weight is 480 g/mol. The normalized spacial score (nSPS) is 23.2. The summed E-state index contributed by atoms with van der Waals surface area (Å²) in [4.78, 5) is 12.7. The molecule has 0 amide bonds. The Morgan fingerprint density at radius 1 is 1.22 bits per heavy atom. The second-order valence-corrected chi connectivity index (χ2v) is 10.7. The summed E-state index contributed by atoms with van der Waals surface area (Å²) < 4.78 is 64.1. The SMILES string of the molecule is CN1CCN(C2CC(Nc3ncc(C(F)(F)F)c(NCCCN(C)S(C)(=O)=O)n3)C2)CC1. The highest BCUT2D eigenvalue weighted by Gasteiger charge is 2.37. The number of nitrogens with one attached hydrogen (secondary N) is 2. The first-order valence-corrected chi connectivity index (χ1v) is 12.6.